The topological polar surface area (TPSA) is 39.7 Å². The van der Waals surface area contributed by atoms with Gasteiger partial charge in [0.15, 0.2) is 5.96 Å². The van der Waals surface area contributed by atoms with Crippen LogP contribution >= 0.6 is 24.0 Å². The van der Waals surface area contributed by atoms with Gasteiger partial charge < -0.3 is 15.5 Å². The van der Waals surface area contributed by atoms with Crippen molar-refractivity contribution in [1.82, 2.24) is 15.5 Å². The minimum Gasteiger partial charge on any atom is -0.357 e. The molecule has 0 saturated heterocycles. The number of halogens is 4. The number of hydrogen-bond donors (Lipinski definition) is 2. The lowest BCUT2D eigenvalue weighted by Gasteiger charge is -2.23. The van der Waals surface area contributed by atoms with E-state index in [0.717, 1.165) is 5.56 Å². The summed E-state index contributed by atoms with van der Waals surface area (Å²) in [5.74, 6) is 0.402. The van der Waals surface area contributed by atoms with Gasteiger partial charge in [0, 0.05) is 13.1 Å². The Morgan fingerprint density at radius 1 is 1.17 bits per heavy atom. The van der Waals surface area contributed by atoms with E-state index in [4.69, 9.17) is 0 Å². The number of rotatable bonds is 7. The van der Waals surface area contributed by atoms with Crippen LogP contribution in [-0.2, 0) is 0 Å². The van der Waals surface area contributed by atoms with Gasteiger partial charge >= 0.3 is 6.18 Å². The molecule has 0 bridgehead atoms. The lowest BCUT2D eigenvalue weighted by molar-refractivity contribution is -0.132. The zero-order valence-corrected chi connectivity index (χ0v) is 16.6. The van der Waals surface area contributed by atoms with Gasteiger partial charge in [0.25, 0.3) is 0 Å². The minimum atomic E-state index is -4.17. The van der Waals surface area contributed by atoms with E-state index in [0.29, 0.717) is 19.0 Å². The molecule has 0 aliphatic carbocycles. The fraction of sp³-hybridized carbons (Fsp3) is 0.562. The van der Waals surface area contributed by atoms with Gasteiger partial charge in [0.05, 0.1) is 19.0 Å². The molecule has 0 spiro atoms. The van der Waals surface area contributed by atoms with Gasteiger partial charge in [-0.05, 0) is 26.6 Å². The van der Waals surface area contributed by atoms with E-state index in [9.17, 15) is 13.2 Å². The average Bonchev–Trinajstić information content (AvgIpc) is 2.47. The molecule has 4 nitrogen and oxygen atoms in total. The minimum absolute atomic E-state index is 0. The van der Waals surface area contributed by atoms with Crippen molar-refractivity contribution in [2.24, 2.45) is 4.99 Å². The molecule has 1 aromatic carbocycles. The van der Waals surface area contributed by atoms with Gasteiger partial charge in [-0.1, -0.05) is 30.3 Å². The maximum atomic E-state index is 12.2. The van der Waals surface area contributed by atoms with Crippen molar-refractivity contribution in [2.75, 3.05) is 33.7 Å². The zero-order chi connectivity index (χ0) is 17.3. The first-order chi connectivity index (χ1) is 10.8. The SMILES string of the molecule is CCNC(=NCC(c1ccccc1)N(C)C)NCCC(F)(F)F.I. The Labute approximate surface area is 158 Å². The van der Waals surface area contributed by atoms with E-state index >= 15 is 0 Å². The van der Waals surface area contributed by atoms with Gasteiger partial charge in [-0.2, -0.15) is 13.2 Å². The van der Waals surface area contributed by atoms with E-state index in [1.807, 2.05) is 56.3 Å². The van der Waals surface area contributed by atoms with Gasteiger partial charge in [-0.15, -0.1) is 24.0 Å². The lowest BCUT2D eigenvalue weighted by Crippen LogP contribution is -2.39. The second-order valence-electron chi connectivity index (χ2n) is 5.40. The first kappa shape index (κ1) is 23.0. The van der Waals surface area contributed by atoms with Crippen molar-refractivity contribution < 1.29 is 13.2 Å². The molecule has 2 N–H and O–H groups in total. The molecule has 0 saturated carbocycles. The van der Waals surface area contributed by atoms with Crippen LogP contribution in [0.25, 0.3) is 0 Å². The molecular weight excluding hydrogens is 432 g/mol. The summed E-state index contributed by atoms with van der Waals surface area (Å²) >= 11 is 0. The van der Waals surface area contributed by atoms with Crippen LogP contribution in [0.1, 0.15) is 24.9 Å². The highest BCUT2D eigenvalue weighted by Gasteiger charge is 2.26. The molecular formula is C16H26F3IN4. The van der Waals surface area contributed by atoms with Crippen LogP contribution in [0.4, 0.5) is 13.2 Å². The van der Waals surface area contributed by atoms with Crippen LogP contribution in [0.3, 0.4) is 0 Å². The second kappa shape index (κ2) is 11.5. The average molecular weight is 458 g/mol. The van der Waals surface area contributed by atoms with Gasteiger partial charge in [0.1, 0.15) is 0 Å². The number of guanidine groups is 1. The standard InChI is InChI=1S/C16H25F3N4.HI/c1-4-20-15(21-11-10-16(17,18)19)22-12-14(23(2)3)13-8-6-5-7-9-13;/h5-9,14H,4,10-12H2,1-3H3,(H2,20,21,22);1H. The first-order valence-corrected chi connectivity index (χ1v) is 7.63. The van der Waals surface area contributed by atoms with Crippen molar-refractivity contribution in [3.8, 4) is 0 Å². The number of hydrogen-bond acceptors (Lipinski definition) is 2. The summed E-state index contributed by atoms with van der Waals surface area (Å²) in [5, 5.41) is 5.69. The van der Waals surface area contributed by atoms with Crippen molar-refractivity contribution >= 4 is 29.9 Å². The molecule has 0 aliphatic heterocycles. The van der Waals surface area contributed by atoms with Crippen LogP contribution in [0.15, 0.2) is 35.3 Å². The number of alkyl halides is 3. The molecule has 1 unspecified atom stereocenters. The van der Waals surface area contributed by atoms with Crippen LogP contribution in [0.2, 0.25) is 0 Å². The smallest absolute Gasteiger partial charge is 0.357 e. The summed E-state index contributed by atoms with van der Waals surface area (Å²) in [7, 11) is 3.91. The summed E-state index contributed by atoms with van der Waals surface area (Å²) in [5.41, 5.74) is 1.12. The normalized spacial score (nSPS) is 13.4. The predicted molar refractivity (Wildman–Crippen MR) is 103 cm³/mol. The largest absolute Gasteiger partial charge is 0.390 e. The number of aliphatic imine (C=N–C) groups is 1. The van der Waals surface area contributed by atoms with Gasteiger partial charge in [0.2, 0.25) is 0 Å². The lowest BCUT2D eigenvalue weighted by atomic mass is 10.1. The third kappa shape index (κ3) is 9.31. The first-order valence-electron chi connectivity index (χ1n) is 7.63. The molecule has 0 heterocycles. The van der Waals surface area contributed by atoms with Crippen LogP contribution < -0.4 is 10.6 Å². The van der Waals surface area contributed by atoms with Crippen LogP contribution in [0.5, 0.6) is 0 Å². The van der Waals surface area contributed by atoms with Crippen molar-refractivity contribution in [1.29, 1.82) is 0 Å². The second-order valence-corrected chi connectivity index (χ2v) is 5.40. The third-order valence-corrected chi connectivity index (χ3v) is 3.28. The summed E-state index contributed by atoms with van der Waals surface area (Å²) in [6, 6.07) is 9.97. The predicted octanol–water partition coefficient (Wildman–Crippen LogP) is 3.41. The molecule has 0 amide bonds. The highest BCUT2D eigenvalue weighted by Crippen LogP contribution is 2.19. The molecule has 1 rings (SSSR count). The van der Waals surface area contributed by atoms with Crippen molar-refractivity contribution in [3.05, 3.63) is 35.9 Å². The highest BCUT2D eigenvalue weighted by atomic mass is 127. The summed E-state index contributed by atoms with van der Waals surface area (Å²) in [6.07, 6.45) is -5.05. The Balaban J connectivity index is 0.00000529. The number of nitrogens with one attached hydrogen (secondary N) is 2. The monoisotopic (exact) mass is 458 g/mol. The highest BCUT2D eigenvalue weighted by molar-refractivity contribution is 14.0. The molecule has 0 radical (unpaired) electrons. The Morgan fingerprint density at radius 2 is 1.79 bits per heavy atom. The number of nitrogens with zero attached hydrogens (tertiary/aromatic N) is 2. The van der Waals surface area contributed by atoms with Gasteiger partial charge in [-0.25, -0.2) is 0 Å². The van der Waals surface area contributed by atoms with E-state index in [2.05, 4.69) is 15.6 Å². The molecule has 0 aliphatic rings. The maximum absolute atomic E-state index is 12.2. The van der Waals surface area contributed by atoms with E-state index < -0.39 is 12.6 Å². The Kier molecular flexibility index (Phi) is 11.0. The maximum Gasteiger partial charge on any atom is 0.390 e. The Morgan fingerprint density at radius 3 is 2.29 bits per heavy atom. The Bertz CT molecular complexity index is 478. The van der Waals surface area contributed by atoms with Crippen molar-refractivity contribution in [3.63, 3.8) is 0 Å². The van der Waals surface area contributed by atoms with E-state index in [-0.39, 0.29) is 36.6 Å². The molecule has 0 aromatic heterocycles. The number of benzene rings is 1. The molecule has 1 atom stereocenters. The quantitative estimate of drug-likeness (QED) is 0.374. The fourth-order valence-electron chi connectivity index (χ4n) is 2.08. The molecule has 0 fully saturated rings. The van der Waals surface area contributed by atoms with Crippen LogP contribution in [-0.4, -0.2) is 50.8 Å². The number of likely N-dealkylation sites (N-methyl/N-ethyl adjacent to an activating group) is 1. The fourth-order valence-corrected chi connectivity index (χ4v) is 2.08. The van der Waals surface area contributed by atoms with Gasteiger partial charge in [-0.3, -0.25) is 4.99 Å². The third-order valence-electron chi connectivity index (χ3n) is 3.28. The zero-order valence-electron chi connectivity index (χ0n) is 14.2. The molecule has 138 valence electrons. The summed E-state index contributed by atoms with van der Waals surface area (Å²) in [6.45, 7) is 2.74. The summed E-state index contributed by atoms with van der Waals surface area (Å²) < 4.78 is 36.7. The molecule has 1 aromatic rings. The molecule has 8 heteroatoms. The van der Waals surface area contributed by atoms with E-state index in [1.165, 1.54) is 0 Å². The van der Waals surface area contributed by atoms with Crippen molar-refractivity contribution in [2.45, 2.75) is 25.6 Å². The molecule has 24 heavy (non-hydrogen) atoms. The van der Waals surface area contributed by atoms with E-state index in [1.54, 1.807) is 0 Å². The van der Waals surface area contributed by atoms with Crippen LogP contribution in [0, 0.1) is 0 Å². The summed E-state index contributed by atoms with van der Waals surface area (Å²) in [4.78, 5) is 6.46. The Hall–Kier alpha value is -1.03.